The Labute approximate surface area is 228 Å². The number of carbonyl (C=O) groups excluding carboxylic acids is 4. The lowest BCUT2D eigenvalue weighted by atomic mass is 9.83. The van der Waals surface area contributed by atoms with Gasteiger partial charge in [0.15, 0.2) is 6.10 Å². The van der Waals surface area contributed by atoms with Gasteiger partial charge in [-0.05, 0) is 75.2 Å². The Morgan fingerprint density at radius 3 is 2.69 bits per heavy atom. The Kier molecular flexibility index (Phi) is 6.89. The molecule has 6 rings (SSSR count). The average molecular weight is 541 g/mol. The number of piperidine rings is 1. The predicted molar refractivity (Wildman–Crippen MR) is 140 cm³/mol. The van der Waals surface area contributed by atoms with Crippen LogP contribution in [0, 0.1) is 17.3 Å². The first kappa shape index (κ1) is 26.3. The van der Waals surface area contributed by atoms with Gasteiger partial charge in [-0.15, -0.1) is 0 Å². The molecule has 1 aromatic heterocycles. The largest absolute Gasteiger partial charge is 0.381 e. The van der Waals surface area contributed by atoms with Gasteiger partial charge in [0.25, 0.3) is 5.91 Å². The van der Waals surface area contributed by atoms with Gasteiger partial charge in [0.2, 0.25) is 17.7 Å². The number of aliphatic hydroxyl groups is 1. The summed E-state index contributed by atoms with van der Waals surface area (Å²) >= 11 is 0. The molecule has 3 heterocycles. The second-order valence-corrected chi connectivity index (χ2v) is 12.5. The van der Waals surface area contributed by atoms with Gasteiger partial charge in [0, 0.05) is 50.1 Å². The molecule has 5 aliphatic rings. The van der Waals surface area contributed by atoms with Crippen molar-refractivity contribution in [2.24, 2.45) is 24.3 Å². The Balaban J connectivity index is 1.19. The number of hydrogen-bond acceptors (Lipinski definition) is 6. The number of aliphatic hydroxyl groups excluding tert-OH is 1. The molecule has 3 aliphatic carbocycles. The average Bonchev–Trinajstić information content (AvgIpc) is 3.83. The predicted octanol–water partition coefficient (Wildman–Crippen LogP) is -0.0533. The van der Waals surface area contributed by atoms with Crippen LogP contribution in [-0.4, -0.2) is 80.7 Å². The summed E-state index contributed by atoms with van der Waals surface area (Å²) in [5.74, 6) is -1.57. The number of rotatable bonds is 8. The maximum atomic E-state index is 13.9. The molecule has 5 atom stereocenters. The van der Waals surface area contributed by atoms with E-state index in [4.69, 9.17) is 0 Å². The summed E-state index contributed by atoms with van der Waals surface area (Å²) in [6, 6.07) is -1.50. The molecule has 2 saturated carbocycles. The van der Waals surface area contributed by atoms with Gasteiger partial charge in [-0.25, -0.2) is 0 Å². The number of fused-ring (bicyclic) bond motifs is 1. The Morgan fingerprint density at radius 2 is 2.00 bits per heavy atom. The molecule has 2 aliphatic heterocycles. The number of amides is 4. The van der Waals surface area contributed by atoms with E-state index >= 15 is 0 Å². The maximum Gasteiger partial charge on any atom is 0.251 e. The number of nitrogens with zero attached hydrogens (tertiary/aromatic N) is 3. The topological polar surface area (TPSA) is 146 Å². The second-order valence-electron chi connectivity index (χ2n) is 12.5. The fraction of sp³-hybridized carbons (Fsp3) is 0.750. The minimum Gasteiger partial charge on any atom is -0.381 e. The van der Waals surface area contributed by atoms with Gasteiger partial charge < -0.3 is 26.0 Å². The smallest absolute Gasteiger partial charge is 0.251 e. The van der Waals surface area contributed by atoms with Crippen LogP contribution < -0.4 is 16.0 Å². The molecular formula is C28H40N6O5. The summed E-state index contributed by atoms with van der Waals surface area (Å²) in [6.07, 6.45) is 8.66. The molecule has 2 saturated heterocycles. The Hall–Kier alpha value is -2.95. The lowest BCUT2D eigenvalue weighted by Crippen LogP contribution is -2.60. The first-order valence-electron chi connectivity index (χ1n) is 14.6. The fourth-order valence-corrected chi connectivity index (χ4v) is 6.77. The summed E-state index contributed by atoms with van der Waals surface area (Å²) in [5.41, 5.74) is 2.36. The number of carbonyl (C=O) groups is 4. The van der Waals surface area contributed by atoms with Crippen molar-refractivity contribution in [3.05, 3.63) is 17.5 Å². The van der Waals surface area contributed by atoms with Crippen LogP contribution in [0.3, 0.4) is 0 Å². The molecule has 4 amide bonds. The molecule has 11 nitrogen and oxygen atoms in total. The molecule has 0 bridgehead atoms. The molecule has 2 unspecified atom stereocenters. The van der Waals surface area contributed by atoms with Crippen LogP contribution in [0.15, 0.2) is 6.20 Å². The molecule has 212 valence electrons. The molecular weight excluding hydrogens is 500 g/mol. The highest BCUT2D eigenvalue weighted by atomic mass is 16.3. The fourth-order valence-electron chi connectivity index (χ4n) is 6.77. The zero-order valence-electron chi connectivity index (χ0n) is 22.7. The van der Waals surface area contributed by atoms with E-state index in [-0.39, 0.29) is 47.4 Å². The summed E-state index contributed by atoms with van der Waals surface area (Å²) in [7, 11) is 1.90. The maximum absolute atomic E-state index is 13.9. The highest BCUT2D eigenvalue weighted by Crippen LogP contribution is 2.55. The van der Waals surface area contributed by atoms with Crippen LogP contribution in [0.1, 0.15) is 69.0 Å². The van der Waals surface area contributed by atoms with Crippen molar-refractivity contribution in [2.45, 2.75) is 94.9 Å². The molecule has 4 N–H and O–H groups in total. The van der Waals surface area contributed by atoms with Crippen molar-refractivity contribution in [3.63, 3.8) is 0 Å². The van der Waals surface area contributed by atoms with Gasteiger partial charge in [0.05, 0.1) is 12.2 Å². The van der Waals surface area contributed by atoms with E-state index < -0.39 is 24.1 Å². The van der Waals surface area contributed by atoms with Crippen molar-refractivity contribution in [1.82, 2.24) is 30.6 Å². The van der Waals surface area contributed by atoms with Crippen LogP contribution in [-0.2, 0) is 39.1 Å². The zero-order valence-corrected chi connectivity index (χ0v) is 22.7. The van der Waals surface area contributed by atoms with E-state index in [1.807, 2.05) is 17.9 Å². The van der Waals surface area contributed by atoms with E-state index in [2.05, 4.69) is 21.0 Å². The third-order valence-corrected chi connectivity index (χ3v) is 9.73. The highest BCUT2D eigenvalue weighted by molar-refractivity contribution is 5.90. The molecule has 11 heteroatoms. The monoisotopic (exact) mass is 540 g/mol. The van der Waals surface area contributed by atoms with Crippen LogP contribution in [0.25, 0.3) is 0 Å². The van der Waals surface area contributed by atoms with Gasteiger partial charge in [-0.1, -0.05) is 0 Å². The number of aromatic nitrogens is 2. The molecule has 4 fully saturated rings. The molecule has 1 aromatic rings. The molecule has 39 heavy (non-hydrogen) atoms. The van der Waals surface area contributed by atoms with Gasteiger partial charge >= 0.3 is 0 Å². The summed E-state index contributed by atoms with van der Waals surface area (Å²) < 4.78 is 1.84. The van der Waals surface area contributed by atoms with Gasteiger partial charge in [-0.3, -0.25) is 23.9 Å². The zero-order chi connectivity index (χ0) is 27.3. The van der Waals surface area contributed by atoms with Gasteiger partial charge in [0.1, 0.15) is 6.04 Å². The normalized spacial score (nSPS) is 28.8. The van der Waals surface area contributed by atoms with E-state index in [0.29, 0.717) is 32.4 Å². The Morgan fingerprint density at radius 1 is 1.21 bits per heavy atom. The second kappa shape index (κ2) is 10.2. The number of nitrogens with one attached hydrogen (secondary N) is 3. The van der Waals surface area contributed by atoms with Gasteiger partial charge in [-0.2, -0.15) is 5.10 Å². The minimum atomic E-state index is -1.47. The van der Waals surface area contributed by atoms with Crippen molar-refractivity contribution in [2.75, 3.05) is 13.1 Å². The van der Waals surface area contributed by atoms with Crippen molar-refractivity contribution >= 4 is 23.6 Å². The SMILES string of the molecule is Cn1ncc2c1CC(C(=O)N1CCC3(CC3)C[C@H]1C(=O)N[C@@H](C[C@@H]1CCNC1=O)C(O)C(=O)NC1CC1)CC2. The third kappa shape index (κ3) is 5.42. The van der Waals surface area contributed by atoms with Crippen LogP contribution in [0.5, 0.6) is 0 Å². The first-order chi connectivity index (χ1) is 18.7. The number of likely N-dealkylation sites (tertiary alicyclic amines) is 1. The molecule has 0 aromatic carbocycles. The summed E-state index contributed by atoms with van der Waals surface area (Å²) in [5, 5.41) is 23.9. The highest BCUT2D eigenvalue weighted by Gasteiger charge is 2.52. The van der Waals surface area contributed by atoms with Crippen molar-refractivity contribution < 1.29 is 24.3 Å². The van der Waals surface area contributed by atoms with E-state index in [9.17, 15) is 24.3 Å². The Bertz CT molecular complexity index is 1160. The quantitative estimate of drug-likeness (QED) is 0.364. The third-order valence-electron chi connectivity index (χ3n) is 9.73. The van der Waals surface area contributed by atoms with E-state index in [1.165, 1.54) is 5.56 Å². The first-order valence-corrected chi connectivity index (χ1v) is 14.6. The van der Waals surface area contributed by atoms with Crippen LogP contribution in [0.4, 0.5) is 0 Å². The number of hydrogen-bond donors (Lipinski definition) is 4. The van der Waals surface area contributed by atoms with E-state index in [0.717, 1.165) is 50.6 Å². The van der Waals surface area contributed by atoms with Crippen LogP contribution in [0.2, 0.25) is 0 Å². The van der Waals surface area contributed by atoms with Crippen LogP contribution >= 0.6 is 0 Å². The lowest BCUT2D eigenvalue weighted by molar-refractivity contribution is -0.148. The lowest BCUT2D eigenvalue weighted by Gasteiger charge is -2.41. The van der Waals surface area contributed by atoms with E-state index in [1.54, 1.807) is 4.90 Å². The molecule has 1 spiro atoms. The van der Waals surface area contributed by atoms with Crippen molar-refractivity contribution in [1.29, 1.82) is 0 Å². The molecule has 0 radical (unpaired) electrons. The summed E-state index contributed by atoms with van der Waals surface area (Å²) in [6.45, 7) is 1.08. The standard InChI is InChI=1S/C28H40N6O5/c1-33-21-13-17(2-3-18(21)15-30-33)27(39)34-11-9-28(7-8-28)14-22(34)25(37)32-20(12-16-6-10-29-24(16)36)23(35)26(38)31-19-4-5-19/h15-17,19-20,22-23,35H,2-14H2,1H3,(H,29,36)(H,31,38)(H,32,37)/t16-,17?,20-,22-,23?/m0/s1. The minimum absolute atomic E-state index is 0.00348. The summed E-state index contributed by atoms with van der Waals surface area (Å²) in [4.78, 5) is 54.6. The number of aryl methyl sites for hydroxylation is 2. The van der Waals surface area contributed by atoms with Crippen molar-refractivity contribution in [3.8, 4) is 0 Å².